The van der Waals surface area contributed by atoms with E-state index in [1.165, 1.54) is 17.3 Å². The highest BCUT2D eigenvalue weighted by molar-refractivity contribution is 7.99. The first-order valence-electron chi connectivity index (χ1n) is 11.7. The van der Waals surface area contributed by atoms with Crippen molar-refractivity contribution in [3.63, 3.8) is 0 Å². The van der Waals surface area contributed by atoms with E-state index in [0.29, 0.717) is 33.8 Å². The molecule has 2 aromatic heterocycles. The van der Waals surface area contributed by atoms with Gasteiger partial charge in [0.1, 0.15) is 6.67 Å². The van der Waals surface area contributed by atoms with Gasteiger partial charge >= 0.3 is 0 Å². The smallest absolute Gasteiger partial charge is 0.265 e. The van der Waals surface area contributed by atoms with Crippen molar-refractivity contribution in [3.05, 3.63) is 105 Å². The van der Waals surface area contributed by atoms with Crippen molar-refractivity contribution in [3.8, 4) is 22.4 Å². The van der Waals surface area contributed by atoms with Crippen molar-refractivity contribution in [2.75, 3.05) is 10.8 Å². The minimum atomic E-state index is -0.0900. The fraction of sp³-hybridized carbons (Fsp3) is 0.138. The summed E-state index contributed by atoms with van der Waals surface area (Å²) in [4.78, 5) is 25.9. The van der Waals surface area contributed by atoms with Gasteiger partial charge in [-0.1, -0.05) is 89.1 Å². The summed E-state index contributed by atoms with van der Waals surface area (Å²) in [5.41, 5.74) is 7.31. The van der Waals surface area contributed by atoms with Gasteiger partial charge in [-0.05, 0) is 43.7 Å². The van der Waals surface area contributed by atoms with E-state index in [1.807, 2.05) is 30.3 Å². The summed E-state index contributed by atoms with van der Waals surface area (Å²) in [6.45, 7) is 4.52. The van der Waals surface area contributed by atoms with Crippen LogP contribution in [0.4, 0.5) is 5.69 Å². The number of anilines is 1. The van der Waals surface area contributed by atoms with Crippen molar-refractivity contribution in [1.82, 2.24) is 14.5 Å². The van der Waals surface area contributed by atoms with Crippen LogP contribution in [0.2, 0.25) is 5.02 Å². The zero-order valence-corrected chi connectivity index (χ0v) is 21.5. The highest BCUT2D eigenvalue weighted by Gasteiger charge is 2.24. The van der Waals surface area contributed by atoms with Crippen LogP contribution in [0, 0.1) is 13.8 Å². The van der Waals surface area contributed by atoms with Gasteiger partial charge in [-0.3, -0.25) is 9.36 Å². The van der Waals surface area contributed by atoms with Crippen LogP contribution < -0.4 is 10.5 Å². The number of aryl methyl sites for hydroxylation is 2. The van der Waals surface area contributed by atoms with Gasteiger partial charge in [0, 0.05) is 21.8 Å². The van der Waals surface area contributed by atoms with Gasteiger partial charge in [0.2, 0.25) is 0 Å². The summed E-state index contributed by atoms with van der Waals surface area (Å²) in [5, 5.41) is 1.88. The number of nitrogens with zero attached hydrogens (tertiary/aromatic N) is 4. The predicted octanol–water partition coefficient (Wildman–Crippen LogP) is 6.92. The van der Waals surface area contributed by atoms with Gasteiger partial charge < -0.3 is 4.90 Å². The van der Waals surface area contributed by atoms with Crippen molar-refractivity contribution < 1.29 is 0 Å². The zero-order valence-electron chi connectivity index (χ0n) is 19.9. The molecule has 36 heavy (non-hydrogen) atoms. The van der Waals surface area contributed by atoms with Gasteiger partial charge in [0.05, 0.1) is 17.0 Å². The topological polar surface area (TPSA) is 51.0 Å². The van der Waals surface area contributed by atoms with Crippen LogP contribution >= 0.6 is 23.4 Å². The van der Waals surface area contributed by atoms with Crippen LogP contribution in [0.25, 0.3) is 33.4 Å². The Morgan fingerprint density at radius 2 is 1.56 bits per heavy atom. The molecule has 3 heterocycles. The molecule has 0 N–H and O–H groups in total. The molecule has 0 atom stereocenters. The Kier molecular flexibility index (Phi) is 5.78. The third-order valence-electron chi connectivity index (χ3n) is 6.44. The lowest BCUT2D eigenvalue weighted by molar-refractivity contribution is 0.568. The minimum Gasteiger partial charge on any atom is -0.343 e. The van der Waals surface area contributed by atoms with E-state index in [2.05, 4.69) is 67.3 Å². The highest BCUT2D eigenvalue weighted by atomic mass is 35.5. The summed E-state index contributed by atoms with van der Waals surface area (Å²) in [5.74, 6) is 0.667. The molecule has 0 fully saturated rings. The maximum absolute atomic E-state index is 14.0. The number of hydrogen-bond donors (Lipinski definition) is 0. The molecule has 7 heteroatoms. The van der Waals surface area contributed by atoms with E-state index >= 15 is 0 Å². The van der Waals surface area contributed by atoms with Crippen molar-refractivity contribution in [2.45, 2.75) is 25.7 Å². The van der Waals surface area contributed by atoms with E-state index in [1.54, 1.807) is 4.57 Å². The highest BCUT2D eigenvalue weighted by Crippen LogP contribution is 2.33. The van der Waals surface area contributed by atoms with Gasteiger partial charge in [-0.15, -0.1) is 0 Å². The number of hydrogen-bond acceptors (Lipinski definition) is 5. The number of halogens is 1. The standard InChI is InChI=1S/C29H23ClN4OS/c1-18-6-10-20(11-7-18)24-15-25(21-12-8-19(2)9-13-21)31-27-26(24)28(35)34-16-33(17-36-29(34)32-27)23-5-3-4-22(30)14-23/h3-15H,16-17H2,1-2H3. The maximum Gasteiger partial charge on any atom is 0.265 e. The lowest BCUT2D eigenvalue weighted by atomic mass is 9.99. The van der Waals surface area contributed by atoms with Gasteiger partial charge in [-0.25, -0.2) is 9.97 Å². The van der Waals surface area contributed by atoms with E-state index in [4.69, 9.17) is 21.6 Å². The van der Waals surface area contributed by atoms with Crippen LogP contribution in [-0.2, 0) is 6.67 Å². The molecule has 1 aliphatic rings. The van der Waals surface area contributed by atoms with Crippen LogP contribution in [0.15, 0.2) is 88.8 Å². The summed E-state index contributed by atoms with van der Waals surface area (Å²) in [7, 11) is 0. The second-order valence-corrected chi connectivity index (χ2v) is 10.4. The summed E-state index contributed by atoms with van der Waals surface area (Å²) < 4.78 is 1.74. The van der Waals surface area contributed by atoms with Crippen LogP contribution in [-0.4, -0.2) is 20.4 Å². The fourth-order valence-electron chi connectivity index (χ4n) is 4.44. The number of thioether (sulfide) groups is 1. The molecule has 0 saturated carbocycles. The molecule has 0 bridgehead atoms. The Hall–Kier alpha value is -3.61. The van der Waals surface area contributed by atoms with Crippen molar-refractivity contribution >= 4 is 40.1 Å². The van der Waals surface area contributed by atoms with Gasteiger partial charge in [0.25, 0.3) is 5.56 Å². The SMILES string of the molecule is Cc1ccc(-c2cc(-c3ccc(C)cc3)c3c(=O)n4c(nc3n2)SCN(c2cccc(Cl)c2)C4)cc1. The number of benzene rings is 3. The minimum absolute atomic E-state index is 0.0900. The van der Waals surface area contributed by atoms with Gasteiger partial charge in [0.15, 0.2) is 10.8 Å². The number of fused-ring (bicyclic) bond motifs is 2. The Labute approximate surface area is 218 Å². The normalized spacial score (nSPS) is 13.1. The molecule has 0 saturated heterocycles. The van der Waals surface area contributed by atoms with Crippen LogP contribution in [0.5, 0.6) is 0 Å². The van der Waals surface area contributed by atoms with E-state index in [9.17, 15) is 4.79 Å². The summed E-state index contributed by atoms with van der Waals surface area (Å²) in [6.07, 6.45) is 0. The summed E-state index contributed by atoms with van der Waals surface area (Å²) in [6, 6.07) is 26.2. The molecule has 0 radical (unpaired) electrons. The Balaban J connectivity index is 1.55. The Morgan fingerprint density at radius 1 is 0.861 bits per heavy atom. The lowest BCUT2D eigenvalue weighted by Crippen LogP contribution is -2.37. The average molecular weight is 511 g/mol. The van der Waals surface area contributed by atoms with E-state index in [-0.39, 0.29) is 5.56 Å². The third kappa shape index (κ3) is 4.16. The first-order chi connectivity index (χ1) is 17.5. The first kappa shape index (κ1) is 22.8. The average Bonchev–Trinajstić information content (AvgIpc) is 2.89. The van der Waals surface area contributed by atoms with Crippen LogP contribution in [0.1, 0.15) is 11.1 Å². The lowest BCUT2D eigenvalue weighted by Gasteiger charge is -2.30. The monoisotopic (exact) mass is 510 g/mol. The molecule has 1 aliphatic heterocycles. The molecule has 5 nitrogen and oxygen atoms in total. The molecule has 0 spiro atoms. The zero-order chi connectivity index (χ0) is 24.8. The molecule has 6 rings (SSSR count). The molecule has 5 aromatic rings. The molecular weight excluding hydrogens is 488 g/mol. The largest absolute Gasteiger partial charge is 0.343 e. The van der Waals surface area contributed by atoms with Crippen LogP contribution in [0.3, 0.4) is 0 Å². The summed E-state index contributed by atoms with van der Waals surface area (Å²) >= 11 is 7.75. The number of aromatic nitrogens is 3. The van der Waals surface area contributed by atoms with Crippen molar-refractivity contribution in [1.29, 1.82) is 0 Å². The molecule has 0 unspecified atom stereocenters. The quantitative estimate of drug-likeness (QED) is 0.246. The van der Waals surface area contributed by atoms with Crippen molar-refractivity contribution in [2.24, 2.45) is 0 Å². The number of pyridine rings is 1. The molecule has 178 valence electrons. The van der Waals surface area contributed by atoms with E-state index < -0.39 is 0 Å². The third-order valence-corrected chi connectivity index (χ3v) is 7.68. The Bertz CT molecular complexity index is 1660. The Morgan fingerprint density at radius 3 is 2.25 bits per heavy atom. The molecule has 0 aliphatic carbocycles. The fourth-order valence-corrected chi connectivity index (χ4v) is 5.57. The molecule has 0 amide bonds. The molecule has 3 aromatic carbocycles. The first-order valence-corrected chi connectivity index (χ1v) is 13.1. The predicted molar refractivity (Wildman–Crippen MR) is 149 cm³/mol. The maximum atomic E-state index is 14.0. The second-order valence-electron chi connectivity index (χ2n) is 9.05. The van der Waals surface area contributed by atoms with E-state index in [0.717, 1.165) is 33.6 Å². The molecular formula is C29H23ClN4OS. The van der Waals surface area contributed by atoms with Gasteiger partial charge in [-0.2, -0.15) is 0 Å². The second kappa shape index (κ2) is 9.12. The number of rotatable bonds is 3.